The van der Waals surface area contributed by atoms with Gasteiger partial charge in [0.1, 0.15) is 0 Å². The van der Waals surface area contributed by atoms with Crippen LogP contribution in [0.2, 0.25) is 0 Å². The number of piperidine rings is 1. The summed E-state index contributed by atoms with van der Waals surface area (Å²) in [4.78, 5) is 15.7. The Morgan fingerprint density at radius 2 is 1.85 bits per heavy atom. The van der Waals surface area contributed by atoms with E-state index in [1.54, 1.807) is 0 Å². The van der Waals surface area contributed by atoms with Crippen molar-refractivity contribution in [1.29, 1.82) is 0 Å². The first-order valence-corrected chi connectivity index (χ1v) is 12.8. The molecule has 1 N–H and O–H groups in total. The van der Waals surface area contributed by atoms with Gasteiger partial charge < -0.3 is 14.8 Å². The van der Waals surface area contributed by atoms with Gasteiger partial charge in [-0.3, -0.25) is 4.79 Å². The predicted octanol–water partition coefficient (Wildman–Crippen LogP) is 6.17. The van der Waals surface area contributed by atoms with Crippen molar-refractivity contribution in [3.8, 4) is 0 Å². The second-order valence-corrected chi connectivity index (χ2v) is 9.71. The van der Waals surface area contributed by atoms with E-state index < -0.39 is 0 Å². The first-order chi connectivity index (χ1) is 16.1. The molecule has 1 aromatic heterocycles. The molecule has 1 saturated heterocycles. The summed E-state index contributed by atoms with van der Waals surface area (Å²) in [5, 5.41) is 4.15. The zero-order valence-electron chi connectivity index (χ0n) is 20.4. The number of nitrogens with zero attached hydrogens (tertiary/aromatic N) is 2. The van der Waals surface area contributed by atoms with E-state index in [4.69, 9.17) is 0 Å². The molecule has 4 rings (SSSR count). The Morgan fingerprint density at radius 1 is 1.03 bits per heavy atom. The molecule has 0 saturated carbocycles. The second-order valence-electron chi connectivity index (χ2n) is 9.71. The van der Waals surface area contributed by atoms with Gasteiger partial charge in [0.2, 0.25) is 0 Å². The maximum Gasteiger partial charge on any atom is 0.253 e. The molecule has 1 aliphatic heterocycles. The maximum absolute atomic E-state index is 13.0. The van der Waals surface area contributed by atoms with Crippen LogP contribution < -0.4 is 5.32 Å². The fourth-order valence-corrected chi connectivity index (χ4v) is 5.17. The van der Waals surface area contributed by atoms with Crippen molar-refractivity contribution in [3.63, 3.8) is 0 Å². The number of likely N-dealkylation sites (tertiary alicyclic amines) is 1. The lowest BCUT2D eigenvalue weighted by molar-refractivity contribution is 0.0952. The summed E-state index contributed by atoms with van der Waals surface area (Å²) in [7, 11) is 0. The van der Waals surface area contributed by atoms with E-state index in [-0.39, 0.29) is 5.91 Å². The number of aryl methyl sites for hydroxylation is 2. The average molecular weight is 446 g/mol. The Hall–Kier alpha value is -2.59. The van der Waals surface area contributed by atoms with Crippen LogP contribution in [-0.2, 0) is 13.1 Å². The molecule has 0 spiro atoms. The molecule has 3 aromatic rings. The molecular weight excluding hydrogens is 406 g/mol. The Kier molecular flexibility index (Phi) is 8.22. The van der Waals surface area contributed by atoms with E-state index in [1.165, 1.54) is 50.8 Å². The molecular formula is C29H39N3O. The highest BCUT2D eigenvalue weighted by molar-refractivity contribution is 6.06. The average Bonchev–Trinajstić information content (AvgIpc) is 3.21. The minimum absolute atomic E-state index is 0.000563. The molecule has 1 amide bonds. The lowest BCUT2D eigenvalue weighted by atomic mass is 9.91. The zero-order valence-corrected chi connectivity index (χ0v) is 20.4. The Morgan fingerprint density at radius 3 is 2.64 bits per heavy atom. The third-order valence-electron chi connectivity index (χ3n) is 7.12. The van der Waals surface area contributed by atoms with Crippen molar-refractivity contribution in [2.75, 3.05) is 19.6 Å². The highest BCUT2D eigenvalue weighted by Crippen LogP contribution is 2.24. The summed E-state index contributed by atoms with van der Waals surface area (Å²) < 4.78 is 2.27. The number of benzene rings is 2. The number of hydrogen-bond acceptors (Lipinski definition) is 2. The highest BCUT2D eigenvalue weighted by atomic mass is 16.1. The number of fused-ring (bicyclic) bond motifs is 1. The summed E-state index contributed by atoms with van der Waals surface area (Å²) in [6.45, 7) is 9.49. The van der Waals surface area contributed by atoms with Crippen molar-refractivity contribution in [1.82, 2.24) is 14.8 Å². The molecule has 0 atom stereocenters. The number of hydrogen-bond donors (Lipinski definition) is 1. The van der Waals surface area contributed by atoms with Crippen LogP contribution in [0.4, 0.5) is 0 Å². The van der Waals surface area contributed by atoms with Gasteiger partial charge in [0.15, 0.2) is 0 Å². The minimum atomic E-state index is 0.000563. The molecule has 1 aliphatic rings. The van der Waals surface area contributed by atoms with Crippen molar-refractivity contribution in [2.24, 2.45) is 5.92 Å². The van der Waals surface area contributed by atoms with Crippen molar-refractivity contribution < 1.29 is 4.79 Å². The number of rotatable bonds is 10. The molecule has 4 heteroatoms. The van der Waals surface area contributed by atoms with Crippen LogP contribution in [0.5, 0.6) is 0 Å². The van der Waals surface area contributed by atoms with Crippen molar-refractivity contribution in [2.45, 2.75) is 65.5 Å². The topological polar surface area (TPSA) is 37.3 Å². The van der Waals surface area contributed by atoms with Gasteiger partial charge in [0, 0.05) is 30.2 Å². The van der Waals surface area contributed by atoms with Crippen molar-refractivity contribution >= 4 is 16.8 Å². The number of para-hydroxylation sites is 1. The first-order valence-electron chi connectivity index (χ1n) is 12.8. The number of unbranched alkanes of at least 4 members (excludes halogenated alkanes) is 1. The second kappa shape index (κ2) is 11.5. The van der Waals surface area contributed by atoms with Gasteiger partial charge in [-0.2, -0.15) is 0 Å². The molecule has 0 bridgehead atoms. The summed E-state index contributed by atoms with van der Waals surface area (Å²) in [5.74, 6) is 0.941. The molecule has 1 fully saturated rings. The third-order valence-corrected chi connectivity index (χ3v) is 7.12. The van der Waals surface area contributed by atoms with E-state index in [9.17, 15) is 4.79 Å². The third kappa shape index (κ3) is 6.26. The number of nitrogens with one attached hydrogen (secondary N) is 1. The van der Waals surface area contributed by atoms with E-state index in [0.29, 0.717) is 6.54 Å². The van der Waals surface area contributed by atoms with E-state index >= 15 is 0 Å². The minimum Gasteiger partial charge on any atom is -0.348 e. The predicted molar refractivity (Wildman–Crippen MR) is 138 cm³/mol. The molecule has 33 heavy (non-hydrogen) atoms. The van der Waals surface area contributed by atoms with Crippen LogP contribution in [0.15, 0.2) is 54.7 Å². The van der Waals surface area contributed by atoms with Crippen LogP contribution in [0.3, 0.4) is 0 Å². The number of amides is 1. The van der Waals surface area contributed by atoms with Gasteiger partial charge >= 0.3 is 0 Å². The molecule has 0 aliphatic carbocycles. The van der Waals surface area contributed by atoms with Gasteiger partial charge in [-0.15, -0.1) is 0 Å². The molecule has 0 unspecified atom stereocenters. The summed E-state index contributed by atoms with van der Waals surface area (Å²) in [6.07, 6.45) is 9.99. The quantitative estimate of drug-likeness (QED) is 0.405. The normalized spacial score (nSPS) is 15.2. The van der Waals surface area contributed by atoms with E-state index in [0.717, 1.165) is 47.5 Å². The summed E-state index contributed by atoms with van der Waals surface area (Å²) >= 11 is 0. The molecule has 2 aromatic carbocycles. The highest BCUT2D eigenvalue weighted by Gasteiger charge is 2.19. The fourth-order valence-electron chi connectivity index (χ4n) is 5.17. The zero-order chi connectivity index (χ0) is 23.0. The Bertz CT molecular complexity index is 1050. The largest absolute Gasteiger partial charge is 0.348 e. The smallest absolute Gasteiger partial charge is 0.253 e. The Balaban J connectivity index is 1.33. The van der Waals surface area contributed by atoms with Gasteiger partial charge in [0.05, 0.1) is 5.56 Å². The van der Waals surface area contributed by atoms with Gasteiger partial charge in [0.25, 0.3) is 5.91 Å². The van der Waals surface area contributed by atoms with Gasteiger partial charge in [-0.05, 0) is 63.4 Å². The molecule has 0 radical (unpaired) electrons. The molecule has 2 heterocycles. The van der Waals surface area contributed by atoms with Crippen molar-refractivity contribution in [3.05, 3.63) is 71.4 Å². The lowest BCUT2D eigenvalue weighted by Gasteiger charge is -2.32. The standard InChI is InChI=1S/C29H39N3O/c1-3-4-10-24-14-18-31(19-15-24)16-8-17-32-22-27(26-12-5-6-13-28(26)32)29(33)30-21-25-11-7-9-23(2)20-25/h5-7,9,11-13,20,22,24H,3-4,8,10,14-19,21H2,1-2H3,(H,30,33). The summed E-state index contributed by atoms with van der Waals surface area (Å²) in [6, 6.07) is 16.6. The van der Waals surface area contributed by atoms with Gasteiger partial charge in [-0.1, -0.05) is 74.2 Å². The molecule has 176 valence electrons. The molecule has 4 nitrogen and oxygen atoms in total. The first kappa shape index (κ1) is 23.6. The van der Waals surface area contributed by atoms with Crippen LogP contribution in [0.25, 0.3) is 10.9 Å². The number of aromatic nitrogens is 1. The number of carbonyl (C=O) groups excluding carboxylic acids is 1. The van der Waals surface area contributed by atoms with Crippen LogP contribution in [0.1, 0.15) is 66.9 Å². The lowest BCUT2D eigenvalue weighted by Crippen LogP contribution is -2.34. The fraction of sp³-hybridized carbons (Fsp3) is 0.483. The monoisotopic (exact) mass is 445 g/mol. The van der Waals surface area contributed by atoms with Crippen LogP contribution >= 0.6 is 0 Å². The summed E-state index contributed by atoms with van der Waals surface area (Å²) in [5.41, 5.74) is 4.26. The number of carbonyl (C=O) groups is 1. The van der Waals surface area contributed by atoms with Crippen LogP contribution in [0, 0.1) is 12.8 Å². The maximum atomic E-state index is 13.0. The van der Waals surface area contributed by atoms with E-state index in [2.05, 4.69) is 65.0 Å². The van der Waals surface area contributed by atoms with Gasteiger partial charge in [-0.25, -0.2) is 0 Å². The SMILES string of the molecule is CCCCC1CCN(CCCn2cc(C(=O)NCc3cccc(C)c3)c3ccccc32)CC1. The van der Waals surface area contributed by atoms with E-state index in [1.807, 2.05) is 18.3 Å². The van der Waals surface area contributed by atoms with Crippen LogP contribution in [-0.4, -0.2) is 35.0 Å². The Labute approximate surface area is 199 Å².